The fourth-order valence-electron chi connectivity index (χ4n) is 4.19. The summed E-state index contributed by atoms with van der Waals surface area (Å²) >= 11 is 0. The second-order valence-electron chi connectivity index (χ2n) is 8.97. The molecule has 2 N–H and O–H groups in total. The van der Waals surface area contributed by atoms with Crippen molar-refractivity contribution in [1.29, 1.82) is 0 Å². The van der Waals surface area contributed by atoms with Crippen molar-refractivity contribution >= 4 is 15.7 Å². The van der Waals surface area contributed by atoms with Gasteiger partial charge in [-0.2, -0.15) is 5.10 Å². The quantitative estimate of drug-likeness (QED) is 0.440. The van der Waals surface area contributed by atoms with Crippen LogP contribution in [0.2, 0.25) is 0 Å². The van der Waals surface area contributed by atoms with Crippen LogP contribution in [-0.2, 0) is 15.3 Å². The molecule has 174 valence electrons. The van der Waals surface area contributed by atoms with E-state index in [2.05, 4.69) is 5.10 Å². The summed E-state index contributed by atoms with van der Waals surface area (Å²) in [6.45, 7) is 5.88. The summed E-state index contributed by atoms with van der Waals surface area (Å²) in [5, 5.41) is 4.28. The number of amides is 1. The van der Waals surface area contributed by atoms with Crippen molar-refractivity contribution in [3.63, 3.8) is 0 Å². The fourth-order valence-corrected chi connectivity index (χ4v) is 5.25. The van der Waals surface area contributed by atoms with Crippen LogP contribution >= 0.6 is 0 Å². The van der Waals surface area contributed by atoms with E-state index in [1.54, 1.807) is 16.8 Å². The number of carbonyl (C=O) groups is 1. The summed E-state index contributed by atoms with van der Waals surface area (Å²) in [4.78, 5) is 11.8. The van der Waals surface area contributed by atoms with Gasteiger partial charge in [0.2, 0.25) is 0 Å². The molecule has 0 bridgehead atoms. The molecule has 1 aromatic heterocycles. The van der Waals surface area contributed by atoms with Gasteiger partial charge in [0, 0.05) is 17.4 Å². The Morgan fingerprint density at radius 1 is 0.912 bits per heavy atom. The third-order valence-electron chi connectivity index (χ3n) is 6.13. The molecule has 0 unspecified atom stereocenters. The van der Waals surface area contributed by atoms with Crippen molar-refractivity contribution in [2.24, 2.45) is 5.73 Å². The maximum atomic E-state index is 12.8. The minimum absolute atomic E-state index is 0.207. The third-order valence-corrected chi connectivity index (χ3v) is 7.27. The van der Waals surface area contributed by atoms with Crippen LogP contribution in [0.3, 0.4) is 0 Å². The molecule has 7 heteroatoms. The Morgan fingerprint density at radius 3 is 2.12 bits per heavy atom. The highest BCUT2D eigenvalue weighted by Crippen LogP contribution is 2.38. The van der Waals surface area contributed by atoms with Crippen LogP contribution in [0.15, 0.2) is 83.8 Å². The Labute approximate surface area is 200 Å². The number of hydrogen-bond acceptors (Lipinski definition) is 4. The fraction of sp³-hybridized carbons (Fsp3) is 0.185. The van der Waals surface area contributed by atoms with Gasteiger partial charge in [-0.3, -0.25) is 4.79 Å². The van der Waals surface area contributed by atoms with E-state index in [4.69, 9.17) is 5.73 Å². The number of primary amides is 1. The van der Waals surface area contributed by atoms with E-state index in [1.165, 1.54) is 6.26 Å². The van der Waals surface area contributed by atoms with Crippen LogP contribution in [0.1, 0.15) is 41.2 Å². The number of rotatable bonds is 6. The van der Waals surface area contributed by atoms with Crippen molar-refractivity contribution in [3.8, 4) is 16.8 Å². The highest BCUT2D eigenvalue weighted by molar-refractivity contribution is 7.90. The van der Waals surface area contributed by atoms with Crippen molar-refractivity contribution in [2.45, 2.75) is 31.1 Å². The van der Waals surface area contributed by atoms with Crippen LogP contribution in [-0.4, -0.2) is 30.4 Å². The number of aryl methyl sites for hydroxylation is 1. The molecular formula is C27H27N3O3S. The summed E-state index contributed by atoms with van der Waals surface area (Å²) in [6, 6.07) is 24.7. The third kappa shape index (κ3) is 4.39. The second kappa shape index (κ2) is 8.57. The van der Waals surface area contributed by atoms with Crippen LogP contribution in [0, 0.1) is 6.92 Å². The van der Waals surface area contributed by atoms with E-state index in [0.29, 0.717) is 4.90 Å². The lowest BCUT2D eigenvalue weighted by molar-refractivity contribution is 0.0995. The molecule has 0 radical (unpaired) electrons. The standard InChI is InChI=1S/C27H27N3O3S/c1-18-16-24(26(28)31)29-30(18)22-13-11-21(12-14-22)27(2,3)23-15-10-20(17-25(23)34(4,32)33)19-8-6-5-7-9-19/h5-17H,1-4H3,(H2,28,31). The van der Waals surface area contributed by atoms with Gasteiger partial charge in [-0.15, -0.1) is 0 Å². The van der Waals surface area contributed by atoms with Gasteiger partial charge in [-0.1, -0.05) is 68.4 Å². The van der Waals surface area contributed by atoms with Gasteiger partial charge in [-0.05, 0) is 53.4 Å². The van der Waals surface area contributed by atoms with Crippen LogP contribution < -0.4 is 5.73 Å². The Hall–Kier alpha value is -3.71. The predicted octanol–water partition coefficient (Wildman–Crippen LogP) is 4.68. The molecule has 0 spiro atoms. The monoisotopic (exact) mass is 473 g/mol. The van der Waals surface area contributed by atoms with E-state index in [1.807, 2.05) is 87.5 Å². The molecule has 6 nitrogen and oxygen atoms in total. The molecule has 1 amide bonds. The molecule has 0 saturated heterocycles. The molecule has 0 aliphatic heterocycles. The molecule has 0 saturated carbocycles. The first-order valence-electron chi connectivity index (χ1n) is 10.9. The molecule has 4 rings (SSSR count). The van der Waals surface area contributed by atoms with Crippen LogP contribution in [0.25, 0.3) is 16.8 Å². The molecule has 0 fully saturated rings. The Bertz CT molecular complexity index is 1470. The highest BCUT2D eigenvalue weighted by Gasteiger charge is 2.29. The van der Waals surface area contributed by atoms with Crippen LogP contribution in [0.5, 0.6) is 0 Å². The molecule has 3 aromatic carbocycles. The van der Waals surface area contributed by atoms with Crippen molar-refractivity contribution in [1.82, 2.24) is 9.78 Å². The van der Waals surface area contributed by atoms with Gasteiger partial charge in [-0.25, -0.2) is 13.1 Å². The van der Waals surface area contributed by atoms with E-state index >= 15 is 0 Å². The van der Waals surface area contributed by atoms with Crippen LogP contribution in [0.4, 0.5) is 0 Å². The second-order valence-corrected chi connectivity index (χ2v) is 11.0. The number of aromatic nitrogens is 2. The first kappa shape index (κ1) is 23.4. The van der Waals surface area contributed by atoms with Gasteiger partial charge < -0.3 is 5.73 Å². The van der Waals surface area contributed by atoms with Gasteiger partial charge in [0.1, 0.15) is 0 Å². The zero-order chi connectivity index (χ0) is 24.7. The Balaban J connectivity index is 1.76. The number of nitrogens with zero attached hydrogens (tertiary/aromatic N) is 2. The molecule has 4 aromatic rings. The Morgan fingerprint density at radius 2 is 1.56 bits per heavy atom. The zero-order valence-electron chi connectivity index (χ0n) is 19.6. The van der Waals surface area contributed by atoms with Gasteiger partial charge in [0.05, 0.1) is 10.6 Å². The molecule has 0 aliphatic carbocycles. The molecular weight excluding hydrogens is 446 g/mol. The normalized spacial score (nSPS) is 12.0. The molecule has 1 heterocycles. The minimum atomic E-state index is -3.48. The largest absolute Gasteiger partial charge is 0.364 e. The average molecular weight is 474 g/mol. The first-order chi connectivity index (χ1) is 16.0. The number of benzene rings is 3. The summed E-state index contributed by atoms with van der Waals surface area (Å²) in [7, 11) is -3.48. The highest BCUT2D eigenvalue weighted by atomic mass is 32.2. The average Bonchev–Trinajstić information content (AvgIpc) is 3.21. The topological polar surface area (TPSA) is 95.1 Å². The van der Waals surface area contributed by atoms with E-state index < -0.39 is 21.2 Å². The summed E-state index contributed by atoms with van der Waals surface area (Å²) in [6.07, 6.45) is 1.25. The minimum Gasteiger partial charge on any atom is -0.364 e. The number of hydrogen-bond donors (Lipinski definition) is 1. The zero-order valence-corrected chi connectivity index (χ0v) is 20.4. The van der Waals surface area contributed by atoms with E-state index in [9.17, 15) is 13.2 Å². The molecule has 0 aliphatic rings. The van der Waals surface area contributed by atoms with E-state index in [-0.39, 0.29) is 5.69 Å². The number of sulfone groups is 1. The smallest absolute Gasteiger partial charge is 0.269 e. The number of carbonyl (C=O) groups excluding carboxylic acids is 1. The van der Waals surface area contributed by atoms with E-state index in [0.717, 1.165) is 33.6 Å². The lowest BCUT2D eigenvalue weighted by Gasteiger charge is -2.29. The first-order valence-corrected chi connectivity index (χ1v) is 12.7. The maximum Gasteiger partial charge on any atom is 0.269 e. The predicted molar refractivity (Wildman–Crippen MR) is 134 cm³/mol. The van der Waals surface area contributed by atoms with Gasteiger partial charge in [0.15, 0.2) is 15.5 Å². The maximum absolute atomic E-state index is 12.8. The number of nitrogens with two attached hydrogens (primary N) is 1. The van der Waals surface area contributed by atoms with Crippen molar-refractivity contribution < 1.29 is 13.2 Å². The SMILES string of the molecule is Cc1cc(C(N)=O)nn1-c1ccc(C(C)(C)c2ccc(-c3ccccc3)cc2S(C)(=O)=O)cc1. The molecule has 0 atom stereocenters. The molecule has 34 heavy (non-hydrogen) atoms. The summed E-state index contributed by atoms with van der Waals surface area (Å²) in [5.41, 5.74) is 10.1. The van der Waals surface area contributed by atoms with Gasteiger partial charge >= 0.3 is 0 Å². The lowest BCUT2D eigenvalue weighted by Crippen LogP contribution is -2.22. The van der Waals surface area contributed by atoms with Crippen molar-refractivity contribution in [2.75, 3.05) is 6.26 Å². The summed E-state index contributed by atoms with van der Waals surface area (Å²) in [5.74, 6) is -0.577. The lowest BCUT2D eigenvalue weighted by atomic mass is 9.77. The van der Waals surface area contributed by atoms with Crippen molar-refractivity contribution in [3.05, 3.63) is 101 Å². The summed E-state index contributed by atoms with van der Waals surface area (Å²) < 4.78 is 27.3. The Kier molecular flexibility index (Phi) is 5.91. The van der Waals surface area contributed by atoms with Gasteiger partial charge in [0.25, 0.3) is 5.91 Å².